The number of hydrogen-bond acceptors (Lipinski definition) is 4. The van der Waals surface area contributed by atoms with E-state index in [1.54, 1.807) is 6.07 Å². The molecule has 1 unspecified atom stereocenters. The molecule has 0 aliphatic carbocycles. The summed E-state index contributed by atoms with van der Waals surface area (Å²) in [6.07, 6.45) is 6.02. The number of nitrogens with one attached hydrogen (secondary N) is 1. The lowest BCUT2D eigenvalue weighted by molar-refractivity contribution is 0.197. The van der Waals surface area contributed by atoms with E-state index in [9.17, 15) is 4.79 Å². The molecule has 4 rings (SSSR count). The van der Waals surface area contributed by atoms with Crippen LogP contribution in [0.4, 0.5) is 0 Å². The number of hydrogen-bond donors (Lipinski definition) is 1. The van der Waals surface area contributed by atoms with Gasteiger partial charge in [-0.25, -0.2) is 4.98 Å². The topological polar surface area (TPSA) is 66.8 Å². The second kappa shape index (κ2) is 7.88. The van der Waals surface area contributed by atoms with E-state index >= 15 is 0 Å². The Labute approximate surface area is 158 Å². The first kappa shape index (κ1) is 17.7. The van der Waals surface area contributed by atoms with Crippen LogP contribution in [0.15, 0.2) is 53.6 Å². The smallest absolute Gasteiger partial charge is 0.251 e. The number of nitrogens with zero attached hydrogens (tertiary/aromatic N) is 4. The maximum absolute atomic E-state index is 11.8. The molecule has 3 aromatic rings. The molecule has 27 heavy (non-hydrogen) atoms. The van der Waals surface area contributed by atoms with Gasteiger partial charge in [0.25, 0.3) is 5.56 Å². The summed E-state index contributed by atoms with van der Waals surface area (Å²) in [5.41, 5.74) is 3.50. The zero-order valence-electron chi connectivity index (χ0n) is 15.6. The van der Waals surface area contributed by atoms with Gasteiger partial charge >= 0.3 is 0 Å². The van der Waals surface area contributed by atoms with E-state index in [4.69, 9.17) is 0 Å². The standard InChI is InChI=1S/C21H25N5O/c1-16-23-20(12-21(27)24-16)19-8-4-10-25(14-19)13-17-6-2-3-7-18(17)15-26-11-5-9-22-26/h2-3,5-7,9,11-12,19H,4,8,10,13-15H2,1H3,(H,23,24,27). The summed E-state index contributed by atoms with van der Waals surface area (Å²) in [4.78, 5) is 21.6. The zero-order chi connectivity index (χ0) is 18.6. The number of benzene rings is 1. The Balaban J connectivity index is 1.49. The summed E-state index contributed by atoms with van der Waals surface area (Å²) in [5.74, 6) is 1.01. The van der Waals surface area contributed by atoms with Crippen molar-refractivity contribution in [2.45, 2.75) is 38.8 Å². The average molecular weight is 363 g/mol. The highest BCUT2D eigenvalue weighted by Gasteiger charge is 2.23. The number of aromatic amines is 1. The van der Waals surface area contributed by atoms with Crippen LogP contribution >= 0.6 is 0 Å². The van der Waals surface area contributed by atoms with E-state index in [-0.39, 0.29) is 5.56 Å². The molecule has 1 aliphatic rings. The number of aromatic nitrogens is 4. The third-order valence-corrected chi connectivity index (χ3v) is 5.21. The van der Waals surface area contributed by atoms with E-state index in [2.05, 4.69) is 44.2 Å². The van der Waals surface area contributed by atoms with E-state index in [1.807, 2.05) is 30.1 Å². The first-order chi connectivity index (χ1) is 13.2. The predicted octanol–water partition coefficient (Wildman–Crippen LogP) is 2.70. The van der Waals surface area contributed by atoms with Gasteiger partial charge < -0.3 is 4.98 Å². The highest BCUT2D eigenvalue weighted by Crippen LogP contribution is 2.26. The summed E-state index contributed by atoms with van der Waals surface area (Å²) < 4.78 is 1.96. The Morgan fingerprint density at radius 2 is 2.00 bits per heavy atom. The van der Waals surface area contributed by atoms with Crippen molar-refractivity contribution in [2.24, 2.45) is 0 Å². The number of likely N-dealkylation sites (tertiary alicyclic amines) is 1. The number of aryl methyl sites for hydroxylation is 1. The van der Waals surface area contributed by atoms with Gasteiger partial charge in [0.1, 0.15) is 5.82 Å². The largest absolute Gasteiger partial charge is 0.311 e. The van der Waals surface area contributed by atoms with Crippen LogP contribution in [0.2, 0.25) is 0 Å². The molecule has 1 aromatic carbocycles. The lowest BCUT2D eigenvalue weighted by Crippen LogP contribution is -2.35. The van der Waals surface area contributed by atoms with Gasteiger partial charge in [0, 0.05) is 37.5 Å². The van der Waals surface area contributed by atoms with Crippen molar-refractivity contribution in [2.75, 3.05) is 13.1 Å². The third-order valence-electron chi connectivity index (χ3n) is 5.21. The first-order valence-electron chi connectivity index (χ1n) is 9.52. The number of rotatable bonds is 5. The van der Waals surface area contributed by atoms with Gasteiger partial charge in [-0.05, 0) is 43.5 Å². The summed E-state index contributed by atoms with van der Waals surface area (Å²) >= 11 is 0. The minimum absolute atomic E-state index is 0.0563. The lowest BCUT2D eigenvalue weighted by Gasteiger charge is -2.33. The van der Waals surface area contributed by atoms with Gasteiger partial charge in [-0.1, -0.05) is 24.3 Å². The molecule has 1 N–H and O–H groups in total. The van der Waals surface area contributed by atoms with E-state index < -0.39 is 0 Å². The van der Waals surface area contributed by atoms with Crippen molar-refractivity contribution in [3.63, 3.8) is 0 Å². The van der Waals surface area contributed by atoms with Crippen LogP contribution in [0.1, 0.15) is 41.4 Å². The predicted molar refractivity (Wildman–Crippen MR) is 105 cm³/mol. The second-order valence-electron chi connectivity index (χ2n) is 7.30. The lowest BCUT2D eigenvalue weighted by atomic mass is 9.93. The fraction of sp³-hybridized carbons (Fsp3) is 0.381. The van der Waals surface area contributed by atoms with Gasteiger partial charge in [-0.15, -0.1) is 0 Å². The monoisotopic (exact) mass is 363 g/mol. The Kier molecular flexibility index (Phi) is 5.16. The maximum atomic E-state index is 11.8. The van der Waals surface area contributed by atoms with Crippen LogP contribution in [0.3, 0.4) is 0 Å². The highest BCUT2D eigenvalue weighted by atomic mass is 16.1. The normalized spacial score (nSPS) is 17.9. The Morgan fingerprint density at radius 3 is 2.74 bits per heavy atom. The zero-order valence-corrected chi connectivity index (χ0v) is 15.6. The molecule has 1 aliphatic heterocycles. The average Bonchev–Trinajstić information content (AvgIpc) is 3.16. The minimum Gasteiger partial charge on any atom is -0.311 e. The van der Waals surface area contributed by atoms with Crippen LogP contribution in [0, 0.1) is 6.92 Å². The van der Waals surface area contributed by atoms with Gasteiger partial charge in [0.15, 0.2) is 0 Å². The van der Waals surface area contributed by atoms with Crippen LogP contribution < -0.4 is 5.56 Å². The van der Waals surface area contributed by atoms with Crippen molar-refractivity contribution >= 4 is 0 Å². The van der Waals surface area contributed by atoms with Gasteiger partial charge in [0.2, 0.25) is 0 Å². The Bertz CT molecular complexity index is 947. The van der Waals surface area contributed by atoms with Crippen molar-refractivity contribution in [1.82, 2.24) is 24.6 Å². The van der Waals surface area contributed by atoms with Crippen LogP contribution in [0.25, 0.3) is 0 Å². The van der Waals surface area contributed by atoms with Crippen LogP contribution in [-0.2, 0) is 13.1 Å². The van der Waals surface area contributed by atoms with Crippen molar-refractivity contribution < 1.29 is 0 Å². The molecule has 1 saturated heterocycles. The molecule has 6 heteroatoms. The highest BCUT2D eigenvalue weighted by molar-refractivity contribution is 5.27. The second-order valence-corrected chi connectivity index (χ2v) is 7.30. The SMILES string of the molecule is Cc1nc(C2CCCN(Cc3ccccc3Cn3cccn3)C2)cc(=O)[nH]1. The molecule has 1 fully saturated rings. The molecule has 0 spiro atoms. The Hall–Kier alpha value is -2.73. The van der Waals surface area contributed by atoms with Gasteiger partial charge in [0.05, 0.1) is 12.2 Å². The molecule has 140 valence electrons. The summed E-state index contributed by atoms with van der Waals surface area (Å²) in [6.45, 7) is 5.56. The van der Waals surface area contributed by atoms with Gasteiger partial charge in [-0.3, -0.25) is 14.4 Å². The van der Waals surface area contributed by atoms with Crippen molar-refractivity contribution in [1.29, 1.82) is 0 Å². The van der Waals surface area contributed by atoms with E-state index in [1.165, 1.54) is 11.1 Å². The number of piperidine rings is 1. The molecule has 0 saturated carbocycles. The summed E-state index contributed by atoms with van der Waals surface area (Å²) in [6, 6.07) is 12.2. The summed E-state index contributed by atoms with van der Waals surface area (Å²) in [7, 11) is 0. The Morgan fingerprint density at radius 1 is 1.19 bits per heavy atom. The van der Waals surface area contributed by atoms with Crippen LogP contribution in [0.5, 0.6) is 0 Å². The molecule has 0 amide bonds. The van der Waals surface area contributed by atoms with Crippen molar-refractivity contribution in [3.05, 3.63) is 81.8 Å². The van der Waals surface area contributed by atoms with Gasteiger partial charge in [-0.2, -0.15) is 5.10 Å². The minimum atomic E-state index is -0.0563. The molecule has 0 bridgehead atoms. The fourth-order valence-corrected chi connectivity index (χ4v) is 3.93. The van der Waals surface area contributed by atoms with Crippen LogP contribution in [-0.4, -0.2) is 37.7 Å². The molecular weight excluding hydrogens is 338 g/mol. The van der Waals surface area contributed by atoms with Crippen molar-refractivity contribution in [3.8, 4) is 0 Å². The first-order valence-corrected chi connectivity index (χ1v) is 9.52. The maximum Gasteiger partial charge on any atom is 0.251 e. The van der Waals surface area contributed by atoms with E-state index in [0.29, 0.717) is 11.7 Å². The molecule has 1 atom stereocenters. The van der Waals surface area contributed by atoms with E-state index in [0.717, 1.165) is 44.7 Å². The number of H-pyrrole nitrogens is 1. The molecule has 6 nitrogen and oxygen atoms in total. The third kappa shape index (κ3) is 4.34. The summed E-state index contributed by atoms with van der Waals surface area (Å²) in [5, 5.41) is 4.33. The quantitative estimate of drug-likeness (QED) is 0.757. The molecule has 0 radical (unpaired) electrons. The molecular formula is C21H25N5O. The molecule has 3 heterocycles. The fourth-order valence-electron chi connectivity index (χ4n) is 3.93. The molecule has 2 aromatic heterocycles.